The van der Waals surface area contributed by atoms with Gasteiger partial charge < -0.3 is 4.74 Å². The summed E-state index contributed by atoms with van der Waals surface area (Å²) in [7, 11) is 0. The first-order valence-corrected chi connectivity index (χ1v) is 10.5. The zero-order valence-corrected chi connectivity index (χ0v) is 17.4. The predicted molar refractivity (Wildman–Crippen MR) is 120 cm³/mol. The summed E-state index contributed by atoms with van der Waals surface area (Å²) in [5.41, 5.74) is 3.90. The van der Waals surface area contributed by atoms with Crippen molar-refractivity contribution in [1.82, 2.24) is 4.90 Å². The predicted octanol–water partition coefficient (Wildman–Crippen LogP) is 5.81. The van der Waals surface area contributed by atoms with Crippen molar-refractivity contribution in [3.05, 3.63) is 106 Å². The Kier molecular flexibility index (Phi) is 6.00. The molecule has 3 aromatic carbocycles. The Hall–Kier alpha value is -3.31. The fourth-order valence-electron chi connectivity index (χ4n) is 3.12. The van der Waals surface area contributed by atoms with Crippen molar-refractivity contribution in [2.75, 3.05) is 0 Å². The van der Waals surface area contributed by atoms with Crippen LogP contribution in [0.3, 0.4) is 0 Å². The van der Waals surface area contributed by atoms with Crippen LogP contribution in [-0.2, 0) is 17.9 Å². The van der Waals surface area contributed by atoms with Crippen LogP contribution in [0.4, 0.5) is 4.79 Å². The Morgan fingerprint density at radius 1 is 0.867 bits per heavy atom. The lowest BCUT2D eigenvalue weighted by Crippen LogP contribution is -2.27. The van der Waals surface area contributed by atoms with E-state index in [1.165, 1.54) is 4.90 Å². The average molecular weight is 416 g/mol. The minimum atomic E-state index is -0.275. The molecule has 0 N–H and O–H groups in total. The fraction of sp³-hybridized carbons (Fsp3) is 0.120. The van der Waals surface area contributed by atoms with Crippen molar-refractivity contribution in [2.24, 2.45) is 0 Å². The van der Waals surface area contributed by atoms with Gasteiger partial charge in [-0.3, -0.25) is 14.5 Å². The van der Waals surface area contributed by atoms with Gasteiger partial charge in [0.25, 0.3) is 11.1 Å². The summed E-state index contributed by atoms with van der Waals surface area (Å²) in [6.07, 6.45) is 1.74. The molecule has 1 aliphatic rings. The van der Waals surface area contributed by atoms with E-state index >= 15 is 0 Å². The minimum Gasteiger partial charge on any atom is -0.488 e. The molecule has 1 saturated heterocycles. The highest BCUT2D eigenvalue weighted by atomic mass is 32.2. The van der Waals surface area contributed by atoms with E-state index in [-0.39, 0.29) is 17.7 Å². The van der Waals surface area contributed by atoms with Gasteiger partial charge in [-0.2, -0.15) is 0 Å². The molecule has 3 aromatic rings. The number of carbonyl (C=O) groups is 2. The van der Waals surface area contributed by atoms with Gasteiger partial charge in [0, 0.05) is 5.56 Å². The largest absolute Gasteiger partial charge is 0.488 e. The molecule has 0 aliphatic carbocycles. The summed E-state index contributed by atoms with van der Waals surface area (Å²) >= 11 is 0.965. The molecule has 0 saturated carbocycles. The zero-order valence-electron chi connectivity index (χ0n) is 16.6. The molecule has 0 spiro atoms. The highest BCUT2D eigenvalue weighted by molar-refractivity contribution is 8.18. The molecule has 30 heavy (non-hydrogen) atoms. The number of rotatable bonds is 6. The Morgan fingerprint density at radius 3 is 2.33 bits per heavy atom. The molecule has 0 radical (unpaired) electrons. The summed E-state index contributed by atoms with van der Waals surface area (Å²) < 4.78 is 5.97. The van der Waals surface area contributed by atoms with Crippen molar-refractivity contribution in [2.45, 2.75) is 20.1 Å². The molecule has 4 nitrogen and oxygen atoms in total. The van der Waals surface area contributed by atoms with E-state index in [0.29, 0.717) is 17.3 Å². The second-order valence-corrected chi connectivity index (χ2v) is 8.06. The second-order valence-electron chi connectivity index (χ2n) is 7.07. The number of aryl methyl sites for hydroxylation is 1. The number of benzene rings is 3. The van der Waals surface area contributed by atoms with E-state index in [9.17, 15) is 9.59 Å². The molecule has 0 aromatic heterocycles. The smallest absolute Gasteiger partial charge is 0.293 e. The summed E-state index contributed by atoms with van der Waals surface area (Å²) in [5, 5.41) is -0.255. The third-order valence-electron chi connectivity index (χ3n) is 4.78. The Morgan fingerprint density at radius 2 is 1.57 bits per heavy atom. The average Bonchev–Trinajstić information content (AvgIpc) is 3.03. The standard InChI is InChI=1S/C25H21NO3S/c1-18-11-13-19(14-12-18)16-26-24(27)23(30-25(26)28)15-21-9-5-6-10-22(21)29-17-20-7-3-2-4-8-20/h2-15H,16-17H2,1H3/b23-15-. The third kappa shape index (κ3) is 4.63. The molecular formula is C25H21NO3S. The van der Waals surface area contributed by atoms with Gasteiger partial charge >= 0.3 is 0 Å². The van der Waals surface area contributed by atoms with E-state index in [2.05, 4.69) is 0 Å². The lowest BCUT2D eigenvalue weighted by atomic mass is 10.1. The number of nitrogens with zero attached hydrogens (tertiary/aromatic N) is 1. The number of amides is 2. The SMILES string of the molecule is Cc1ccc(CN2C(=O)S/C(=C\c3ccccc3OCc3ccccc3)C2=O)cc1. The van der Waals surface area contributed by atoms with Crippen LogP contribution in [0, 0.1) is 6.92 Å². The maximum atomic E-state index is 12.9. The van der Waals surface area contributed by atoms with Gasteiger partial charge in [-0.05, 0) is 42.0 Å². The van der Waals surface area contributed by atoms with E-state index in [1.807, 2.05) is 85.8 Å². The number of carbonyl (C=O) groups excluding carboxylic acids is 2. The maximum absolute atomic E-state index is 12.9. The first-order valence-electron chi connectivity index (χ1n) is 9.67. The van der Waals surface area contributed by atoms with Crippen molar-refractivity contribution >= 4 is 29.0 Å². The lowest BCUT2D eigenvalue weighted by Gasteiger charge is -2.12. The van der Waals surface area contributed by atoms with E-state index in [4.69, 9.17) is 4.74 Å². The normalized spacial score (nSPS) is 15.1. The Labute approximate surface area is 180 Å². The quantitative estimate of drug-likeness (QED) is 0.477. The van der Waals surface area contributed by atoms with E-state index < -0.39 is 0 Å². The first kappa shape index (κ1) is 20.0. The van der Waals surface area contributed by atoms with E-state index in [0.717, 1.165) is 34.0 Å². The van der Waals surface area contributed by atoms with Crippen LogP contribution in [0.15, 0.2) is 83.8 Å². The molecule has 0 unspecified atom stereocenters. The Bertz CT molecular complexity index is 1090. The summed E-state index contributed by atoms with van der Waals surface area (Å²) in [4.78, 5) is 27.0. The molecule has 150 valence electrons. The molecule has 1 heterocycles. The van der Waals surface area contributed by atoms with Gasteiger partial charge in [-0.15, -0.1) is 0 Å². The van der Waals surface area contributed by atoms with Gasteiger partial charge in [-0.1, -0.05) is 78.4 Å². The van der Waals surface area contributed by atoms with Crippen LogP contribution in [0.25, 0.3) is 6.08 Å². The molecular weight excluding hydrogens is 394 g/mol. The van der Waals surface area contributed by atoms with Crippen LogP contribution in [0.1, 0.15) is 22.3 Å². The van der Waals surface area contributed by atoms with Crippen molar-refractivity contribution < 1.29 is 14.3 Å². The van der Waals surface area contributed by atoms with Crippen LogP contribution < -0.4 is 4.74 Å². The van der Waals surface area contributed by atoms with Crippen molar-refractivity contribution in [3.8, 4) is 5.75 Å². The third-order valence-corrected chi connectivity index (χ3v) is 5.69. The Balaban J connectivity index is 1.51. The number of para-hydroxylation sites is 1. The maximum Gasteiger partial charge on any atom is 0.293 e. The van der Waals surface area contributed by atoms with E-state index in [1.54, 1.807) is 6.08 Å². The van der Waals surface area contributed by atoms with Gasteiger partial charge in [0.1, 0.15) is 12.4 Å². The minimum absolute atomic E-state index is 0.255. The molecule has 0 bridgehead atoms. The molecule has 1 fully saturated rings. The first-order chi connectivity index (χ1) is 14.6. The molecule has 0 atom stereocenters. The highest BCUT2D eigenvalue weighted by Gasteiger charge is 2.35. The number of hydrogen-bond acceptors (Lipinski definition) is 4. The summed E-state index contributed by atoms with van der Waals surface area (Å²) in [5.74, 6) is 0.398. The molecule has 5 heteroatoms. The topological polar surface area (TPSA) is 46.6 Å². The van der Waals surface area contributed by atoms with Gasteiger partial charge in [0.15, 0.2) is 0 Å². The number of imide groups is 1. The fourth-order valence-corrected chi connectivity index (χ4v) is 3.95. The monoisotopic (exact) mass is 415 g/mol. The van der Waals surface area contributed by atoms with Crippen LogP contribution >= 0.6 is 11.8 Å². The van der Waals surface area contributed by atoms with Crippen molar-refractivity contribution in [1.29, 1.82) is 0 Å². The van der Waals surface area contributed by atoms with Gasteiger partial charge in [0.05, 0.1) is 11.4 Å². The lowest BCUT2D eigenvalue weighted by molar-refractivity contribution is -0.123. The van der Waals surface area contributed by atoms with Crippen LogP contribution in [0.5, 0.6) is 5.75 Å². The van der Waals surface area contributed by atoms with Crippen molar-refractivity contribution in [3.63, 3.8) is 0 Å². The number of ether oxygens (including phenoxy) is 1. The summed E-state index contributed by atoms with van der Waals surface area (Å²) in [6, 6.07) is 25.3. The molecule has 4 rings (SSSR count). The van der Waals surface area contributed by atoms with Gasteiger partial charge in [0.2, 0.25) is 0 Å². The molecule has 2 amide bonds. The second kappa shape index (κ2) is 9.01. The highest BCUT2D eigenvalue weighted by Crippen LogP contribution is 2.35. The van der Waals surface area contributed by atoms with Gasteiger partial charge in [-0.25, -0.2) is 0 Å². The van der Waals surface area contributed by atoms with Crippen LogP contribution in [-0.4, -0.2) is 16.0 Å². The molecule has 1 aliphatic heterocycles. The zero-order chi connectivity index (χ0) is 20.9. The van der Waals surface area contributed by atoms with Crippen LogP contribution in [0.2, 0.25) is 0 Å². The number of hydrogen-bond donors (Lipinski definition) is 0. The summed E-state index contributed by atoms with van der Waals surface area (Å²) in [6.45, 7) is 2.71. The number of thioether (sulfide) groups is 1.